The van der Waals surface area contributed by atoms with Crippen molar-refractivity contribution in [2.24, 2.45) is 17.8 Å². The molecule has 0 amide bonds. The molecule has 2 heteroatoms. The summed E-state index contributed by atoms with van der Waals surface area (Å²) < 4.78 is 0. The van der Waals surface area contributed by atoms with Gasteiger partial charge >= 0.3 is 0 Å². The number of nitrogens with zero attached hydrogens (tertiary/aromatic N) is 1. The molecule has 1 saturated heterocycles. The Balaban J connectivity index is 1.70. The summed E-state index contributed by atoms with van der Waals surface area (Å²) in [6.07, 6.45) is 5.62. The van der Waals surface area contributed by atoms with Crippen LogP contribution in [0.15, 0.2) is 0 Å². The predicted octanol–water partition coefficient (Wildman–Crippen LogP) is 3.13. The summed E-state index contributed by atoms with van der Waals surface area (Å²) in [6, 6.07) is 1.59. The molecule has 2 aliphatic rings. The van der Waals surface area contributed by atoms with Gasteiger partial charge in [0.1, 0.15) is 0 Å². The maximum atomic E-state index is 3.68. The van der Waals surface area contributed by atoms with Gasteiger partial charge in [-0.3, -0.25) is 0 Å². The van der Waals surface area contributed by atoms with Crippen LogP contribution in [0.3, 0.4) is 0 Å². The summed E-state index contributed by atoms with van der Waals surface area (Å²) >= 11 is 0. The maximum Gasteiger partial charge on any atom is 0.0105 e. The predicted molar refractivity (Wildman–Crippen MR) is 78.8 cm³/mol. The van der Waals surface area contributed by atoms with E-state index in [0.717, 1.165) is 29.8 Å². The van der Waals surface area contributed by atoms with E-state index in [-0.39, 0.29) is 0 Å². The first-order valence-corrected chi connectivity index (χ1v) is 8.05. The van der Waals surface area contributed by atoms with E-state index in [4.69, 9.17) is 0 Å². The van der Waals surface area contributed by atoms with Gasteiger partial charge in [0.15, 0.2) is 0 Å². The molecule has 1 saturated carbocycles. The lowest BCUT2D eigenvalue weighted by atomic mass is 9.85. The summed E-state index contributed by atoms with van der Waals surface area (Å²) in [6.45, 7) is 13.4. The van der Waals surface area contributed by atoms with E-state index in [1.807, 2.05) is 0 Å². The van der Waals surface area contributed by atoms with Crippen LogP contribution in [0, 0.1) is 17.8 Å². The van der Waals surface area contributed by atoms with Crippen molar-refractivity contribution in [3.05, 3.63) is 0 Å². The Morgan fingerprint density at radius 3 is 2.11 bits per heavy atom. The molecule has 1 aliphatic carbocycles. The zero-order chi connectivity index (χ0) is 13.1. The van der Waals surface area contributed by atoms with E-state index in [9.17, 15) is 0 Å². The van der Waals surface area contributed by atoms with Gasteiger partial charge in [0.05, 0.1) is 0 Å². The molecule has 0 radical (unpaired) electrons. The first kappa shape index (κ1) is 14.3. The molecule has 0 aromatic rings. The fourth-order valence-corrected chi connectivity index (χ4v) is 3.16. The quantitative estimate of drug-likeness (QED) is 0.781. The zero-order valence-corrected chi connectivity index (χ0v) is 12.8. The van der Waals surface area contributed by atoms with Crippen molar-refractivity contribution in [2.75, 3.05) is 19.6 Å². The highest BCUT2D eigenvalue weighted by atomic mass is 15.2. The minimum Gasteiger partial charge on any atom is -0.314 e. The van der Waals surface area contributed by atoms with Crippen molar-refractivity contribution in [3.63, 3.8) is 0 Å². The highest BCUT2D eigenvalue weighted by Gasteiger charge is 2.28. The van der Waals surface area contributed by atoms with E-state index in [1.54, 1.807) is 0 Å². The molecule has 0 aromatic heterocycles. The van der Waals surface area contributed by atoms with Gasteiger partial charge in [-0.25, -0.2) is 0 Å². The standard InChI is InChI=1S/C16H32N2/c1-12(2)15-7-9-18(10-8-15)14(4)13(3)11-17-16-5-6-16/h12-17H,5-11H2,1-4H3. The second-order valence-corrected chi connectivity index (χ2v) is 7.02. The molecule has 2 atom stereocenters. The summed E-state index contributed by atoms with van der Waals surface area (Å²) in [7, 11) is 0. The highest BCUT2D eigenvalue weighted by molar-refractivity contribution is 4.85. The summed E-state index contributed by atoms with van der Waals surface area (Å²) in [5.74, 6) is 2.62. The molecule has 1 heterocycles. The van der Waals surface area contributed by atoms with Crippen LogP contribution in [-0.2, 0) is 0 Å². The molecule has 2 fully saturated rings. The monoisotopic (exact) mass is 252 g/mol. The third-order valence-electron chi connectivity index (χ3n) is 5.22. The first-order valence-electron chi connectivity index (χ1n) is 8.05. The smallest absolute Gasteiger partial charge is 0.0105 e. The van der Waals surface area contributed by atoms with Crippen molar-refractivity contribution in [2.45, 2.75) is 65.5 Å². The van der Waals surface area contributed by atoms with Crippen molar-refractivity contribution in [1.29, 1.82) is 0 Å². The Morgan fingerprint density at radius 2 is 1.61 bits per heavy atom. The van der Waals surface area contributed by atoms with Gasteiger partial charge in [-0.1, -0.05) is 20.8 Å². The molecule has 1 N–H and O–H groups in total. The molecular weight excluding hydrogens is 220 g/mol. The zero-order valence-electron chi connectivity index (χ0n) is 12.8. The van der Waals surface area contributed by atoms with E-state index in [0.29, 0.717) is 0 Å². The van der Waals surface area contributed by atoms with Crippen LogP contribution in [-0.4, -0.2) is 36.6 Å². The SMILES string of the molecule is CC(C)C1CCN(C(C)C(C)CNC2CC2)CC1. The van der Waals surface area contributed by atoms with E-state index >= 15 is 0 Å². The third-order valence-corrected chi connectivity index (χ3v) is 5.22. The number of hydrogen-bond donors (Lipinski definition) is 1. The number of piperidine rings is 1. The van der Waals surface area contributed by atoms with Crippen LogP contribution in [0.5, 0.6) is 0 Å². The van der Waals surface area contributed by atoms with E-state index in [1.165, 1.54) is 45.3 Å². The molecule has 0 spiro atoms. The van der Waals surface area contributed by atoms with Crippen LogP contribution >= 0.6 is 0 Å². The Kier molecular flexibility index (Phi) is 5.08. The van der Waals surface area contributed by atoms with Crippen LogP contribution in [0.4, 0.5) is 0 Å². The van der Waals surface area contributed by atoms with Crippen molar-refractivity contribution in [3.8, 4) is 0 Å². The van der Waals surface area contributed by atoms with Crippen LogP contribution < -0.4 is 5.32 Å². The minimum atomic E-state index is 0.740. The van der Waals surface area contributed by atoms with E-state index in [2.05, 4.69) is 37.9 Å². The Hall–Kier alpha value is -0.0800. The maximum absolute atomic E-state index is 3.68. The Morgan fingerprint density at radius 1 is 1.00 bits per heavy atom. The first-order chi connectivity index (χ1) is 8.58. The van der Waals surface area contributed by atoms with Gasteiger partial charge in [-0.15, -0.1) is 0 Å². The van der Waals surface area contributed by atoms with Gasteiger partial charge in [-0.05, 0) is 70.0 Å². The summed E-state index contributed by atoms with van der Waals surface area (Å²) in [5.41, 5.74) is 0. The lowest BCUT2D eigenvalue weighted by molar-refractivity contribution is 0.0951. The molecule has 2 rings (SSSR count). The van der Waals surface area contributed by atoms with Crippen LogP contribution in [0.25, 0.3) is 0 Å². The summed E-state index contributed by atoms with van der Waals surface area (Å²) in [5, 5.41) is 3.68. The normalized spacial score (nSPS) is 26.5. The Bertz CT molecular complexity index is 239. The van der Waals surface area contributed by atoms with Crippen molar-refractivity contribution >= 4 is 0 Å². The van der Waals surface area contributed by atoms with Gasteiger partial charge < -0.3 is 10.2 Å². The molecule has 2 unspecified atom stereocenters. The molecular formula is C16H32N2. The molecule has 1 aliphatic heterocycles. The van der Waals surface area contributed by atoms with E-state index < -0.39 is 0 Å². The fraction of sp³-hybridized carbons (Fsp3) is 1.00. The third kappa shape index (κ3) is 3.96. The van der Waals surface area contributed by atoms with Gasteiger partial charge in [-0.2, -0.15) is 0 Å². The van der Waals surface area contributed by atoms with Crippen LogP contribution in [0.2, 0.25) is 0 Å². The minimum absolute atomic E-state index is 0.740. The lowest BCUT2D eigenvalue weighted by Crippen LogP contribution is -2.46. The molecule has 106 valence electrons. The highest BCUT2D eigenvalue weighted by Crippen LogP contribution is 2.27. The average molecular weight is 252 g/mol. The topological polar surface area (TPSA) is 15.3 Å². The molecule has 2 nitrogen and oxygen atoms in total. The van der Waals surface area contributed by atoms with Crippen molar-refractivity contribution in [1.82, 2.24) is 10.2 Å². The number of rotatable bonds is 6. The molecule has 0 aromatic carbocycles. The van der Waals surface area contributed by atoms with Gasteiger partial charge in [0.2, 0.25) is 0 Å². The molecule has 0 bridgehead atoms. The number of hydrogen-bond acceptors (Lipinski definition) is 2. The number of nitrogens with one attached hydrogen (secondary N) is 1. The lowest BCUT2D eigenvalue weighted by Gasteiger charge is -2.39. The van der Waals surface area contributed by atoms with Crippen LogP contribution in [0.1, 0.15) is 53.4 Å². The second kappa shape index (κ2) is 6.38. The van der Waals surface area contributed by atoms with Gasteiger partial charge in [0, 0.05) is 12.1 Å². The fourth-order valence-electron chi connectivity index (χ4n) is 3.16. The van der Waals surface area contributed by atoms with Crippen molar-refractivity contribution < 1.29 is 0 Å². The van der Waals surface area contributed by atoms with Gasteiger partial charge in [0.25, 0.3) is 0 Å². The molecule has 18 heavy (non-hydrogen) atoms. The second-order valence-electron chi connectivity index (χ2n) is 7.02. The summed E-state index contributed by atoms with van der Waals surface area (Å²) in [4.78, 5) is 2.72. The largest absolute Gasteiger partial charge is 0.314 e. The average Bonchev–Trinajstić information content (AvgIpc) is 3.19. The number of likely N-dealkylation sites (tertiary alicyclic amines) is 1. The Labute approximate surface area is 114 Å².